The normalized spacial score (nSPS) is 23.2. The fraction of sp³-hybridized carbons (Fsp3) is 0.419. The van der Waals surface area contributed by atoms with Crippen LogP contribution in [0.5, 0.6) is 0 Å². The van der Waals surface area contributed by atoms with E-state index in [0.717, 1.165) is 17.9 Å². The number of fused-ring (bicyclic) bond motifs is 1. The number of benzene rings is 1. The second kappa shape index (κ2) is 11.7. The van der Waals surface area contributed by atoms with Crippen molar-refractivity contribution in [3.63, 3.8) is 0 Å². The summed E-state index contributed by atoms with van der Waals surface area (Å²) in [7, 11) is 0. The number of carbonyl (C=O) groups excluding carboxylic acids is 2. The highest BCUT2D eigenvalue weighted by Crippen LogP contribution is 2.57. The fourth-order valence-corrected chi connectivity index (χ4v) is 6.50. The number of nitrogens with zero attached hydrogens (tertiary/aromatic N) is 7. The third-order valence-electron chi connectivity index (χ3n) is 8.54. The number of rotatable bonds is 8. The number of carbonyl (C=O) groups is 2. The Hall–Kier alpha value is -4.80. The first-order valence-corrected chi connectivity index (χ1v) is 15.4. The van der Waals surface area contributed by atoms with Crippen LogP contribution in [0.4, 0.5) is 26.7 Å². The van der Waals surface area contributed by atoms with Crippen molar-refractivity contribution in [1.29, 1.82) is 0 Å². The van der Waals surface area contributed by atoms with Gasteiger partial charge in [-0.3, -0.25) is 9.69 Å². The van der Waals surface area contributed by atoms with Gasteiger partial charge in [-0.25, -0.2) is 32.7 Å². The number of ether oxygens (including phenoxy) is 1. The lowest BCUT2D eigenvalue weighted by Crippen LogP contribution is -2.51. The van der Waals surface area contributed by atoms with Gasteiger partial charge in [0.25, 0.3) is 12.3 Å². The minimum atomic E-state index is -4.75. The van der Waals surface area contributed by atoms with E-state index in [4.69, 9.17) is 27.1 Å². The Morgan fingerprint density at radius 3 is 2.55 bits per heavy atom. The van der Waals surface area contributed by atoms with Crippen LogP contribution in [0, 0.1) is 5.41 Å². The van der Waals surface area contributed by atoms with Crippen molar-refractivity contribution < 1.29 is 36.3 Å². The molecular formula is C31H31ClF5N9O3. The largest absolute Gasteiger partial charge is 0.443 e. The van der Waals surface area contributed by atoms with Crippen LogP contribution in [0.1, 0.15) is 63.9 Å². The Morgan fingerprint density at radius 2 is 1.88 bits per heavy atom. The van der Waals surface area contributed by atoms with Gasteiger partial charge >= 0.3 is 12.3 Å². The zero-order valence-corrected chi connectivity index (χ0v) is 27.3. The number of nitrogens with one attached hydrogen (secondary N) is 1. The summed E-state index contributed by atoms with van der Waals surface area (Å²) in [5.74, 6) is -1.55. The summed E-state index contributed by atoms with van der Waals surface area (Å²) in [6.07, 6.45) is -6.19. The van der Waals surface area contributed by atoms with Crippen LogP contribution < -0.4 is 11.1 Å². The molecule has 1 unspecified atom stereocenters. The number of aromatic nitrogens is 5. The van der Waals surface area contributed by atoms with Crippen LogP contribution in [0.3, 0.4) is 0 Å². The lowest BCUT2D eigenvalue weighted by Gasteiger charge is -2.35. The van der Waals surface area contributed by atoms with E-state index < -0.39 is 59.1 Å². The number of alkyl halides is 5. The van der Waals surface area contributed by atoms with Crippen LogP contribution in [-0.2, 0) is 20.6 Å². The van der Waals surface area contributed by atoms with Gasteiger partial charge in [-0.05, 0) is 60.2 Å². The molecule has 49 heavy (non-hydrogen) atoms. The maximum absolute atomic E-state index is 15.0. The van der Waals surface area contributed by atoms with Crippen molar-refractivity contribution in [2.24, 2.45) is 16.1 Å². The maximum atomic E-state index is 15.0. The highest BCUT2D eigenvalue weighted by Gasteiger charge is 2.69. The molecule has 260 valence electrons. The topological polar surface area (TPSA) is 145 Å². The number of nitrogens with two attached hydrogens (primary N) is 1. The van der Waals surface area contributed by atoms with Gasteiger partial charge in [0.05, 0.1) is 16.2 Å². The van der Waals surface area contributed by atoms with E-state index in [2.05, 4.69) is 15.2 Å². The van der Waals surface area contributed by atoms with Gasteiger partial charge in [0, 0.05) is 18.8 Å². The van der Waals surface area contributed by atoms with Gasteiger partial charge in [0.2, 0.25) is 5.96 Å². The molecule has 0 bridgehead atoms. The Morgan fingerprint density at radius 1 is 1.14 bits per heavy atom. The molecule has 4 heterocycles. The van der Waals surface area contributed by atoms with E-state index in [9.17, 15) is 31.5 Å². The zero-order valence-electron chi connectivity index (χ0n) is 26.5. The van der Waals surface area contributed by atoms with Gasteiger partial charge in [0.1, 0.15) is 24.0 Å². The van der Waals surface area contributed by atoms with Crippen molar-refractivity contribution in [2.45, 2.75) is 76.4 Å². The Balaban J connectivity index is 1.48. The van der Waals surface area contributed by atoms with Gasteiger partial charge in [-0.2, -0.15) is 23.4 Å². The van der Waals surface area contributed by atoms with Crippen LogP contribution in [0.15, 0.2) is 60.1 Å². The first-order valence-electron chi connectivity index (χ1n) is 15.0. The van der Waals surface area contributed by atoms with Crippen molar-refractivity contribution in [2.75, 3.05) is 0 Å². The molecule has 1 aliphatic carbocycles. The summed E-state index contributed by atoms with van der Waals surface area (Å²) in [5.41, 5.74) is 4.24. The molecule has 12 nitrogen and oxygen atoms in total. The van der Waals surface area contributed by atoms with Gasteiger partial charge < -0.3 is 15.8 Å². The van der Waals surface area contributed by atoms with E-state index >= 15 is 0 Å². The number of hydrogen-bond donors (Lipinski definition) is 2. The molecule has 0 saturated heterocycles. The number of halogens is 6. The average Bonchev–Trinajstić information content (AvgIpc) is 3.35. The van der Waals surface area contributed by atoms with E-state index in [1.54, 1.807) is 40.4 Å². The SMILES string of the molecule is C[C@H](NC(=O)O[C@@H]1CC1(c1ccc(Cl)c(-n2ncnc2C(F)F)c1)N1C(=O)[C@@](CC(C)(C)C)(c2ccn3nccc3c2)N=C1N)C(F)(F)F. The van der Waals surface area contributed by atoms with Crippen LogP contribution in [0.2, 0.25) is 5.02 Å². The third-order valence-corrected chi connectivity index (χ3v) is 8.86. The van der Waals surface area contributed by atoms with E-state index in [1.165, 1.54) is 23.1 Å². The van der Waals surface area contributed by atoms with Crippen LogP contribution >= 0.6 is 11.6 Å². The predicted molar refractivity (Wildman–Crippen MR) is 166 cm³/mol. The molecule has 4 aromatic rings. The zero-order chi connectivity index (χ0) is 35.7. The minimum Gasteiger partial charge on any atom is -0.443 e. The first-order chi connectivity index (χ1) is 22.9. The number of alkyl carbamates (subject to hydrolysis) is 1. The molecule has 6 rings (SSSR count). The Labute approximate surface area is 281 Å². The van der Waals surface area contributed by atoms with Crippen molar-refractivity contribution in [1.82, 2.24) is 34.6 Å². The molecule has 1 aliphatic heterocycles. The summed E-state index contributed by atoms with van der Waals surface area (Å²) in [5, 5.41) is 9.85. The summed E-state index contributed by atoms with van der Waals surface area (Å²) >= 11 is 6.44. The fourth-order valence-electron chi connectivity index (χ4n) is 6.30. The second-order valence-corrected chi connectivity index (χ2v) is 13.7. The quantitative estimate of drug-likeness (QED) is 0.226. The van der Waals surface area contributed by atoms with Crippen LogP contribution in [0.25, 0.3) is 11.2 Å². The molecule has 2 amide bonds. The lowest BCUT2D eigenvalue weighted by molar-refractivity contribution is -0.150. The molecule has 4 atom stereocenters. The number of pyridine rings is 1. The molecule has 18 heteroatoms. The third kappa shape index (κ3) is 5.93. The first kappa shape index (κ1) is 34.1. The Kier molecular flexibility index (Phi) is 8.11. The van der Waals surface area contributed by atoms with Gasteiger partial charge in [0.15, 0.2) is 11.4 Å². The smallest absolute Gasteiger partial charge is 0.408 e. The molecular weight excluding hydrogens is 677 g/mol. The number of hydrogen-bond acceptors (Lipinski definition) is 8. The van der Waals surface area contributed by atoms with E-state index in [1.807, 2.05) is 20.8 Å². The average molecular weight is 708 g/mol. The molecule has 1 fully saturated rings. The number of amides is 2. The van der Waals surface area contributed by atoms with Gasteiger partial charge in [-0.15, -0.1) is 0 Å². The predicted octanol–water partition coefficient (Wildman–Crippen LogP) is 5.64. The Bertz CT molecular complexity index is 1970. The highest BCUT2D eigenvalue weighted by atomic mass is 35.5. The molecule has 3 aromatic heterocycles. The second-order valence-electron chi connectivity index (χ2n) is 13.3. The molecule has 0 spiro atoms. The summed E-state index contributed by atoms with van der Waals surface area (Å²) in [6.45, 7) is 6.51. The molecule has 1 aromatic carbocycles. The number of aliphatic imine (C=N–C) groups is 1. The lowest BCUT2D eigenvalue weighted by atomic mass is 9.75. The van der Waals surface area contributed by atoms with Gasteiger partial charge in [-0.1, -0.05) is 38.4 Å². The summed E-state index contributed by atoms with van der Waals surface area (Å²) < 4.78 is 75.3. The summed E-state index contributed by atoms with van der Waals surface area (Å²) in [4.78, 5) is 37.3. The molecule has 0 radical (unpaired) electrons. The highest BCUT2D eigenvalue weighted by molar-refractivity contribution is 6.32. The standard InChI is InChI=1S/C31H31ClF5N9O3/c1-16(31(35,36)37)42-27(48)49-22-13-30(22,18-5-6-20(32)21(12-18)46-24(23(33)34)39-15-41-46)45-25(47)29(43-26(45)38,14-28(2,3)4)17-8-10-44-19(11-17)7-9-40-44/h5-12,15-16,22-23H,13-14H2,1-4H3,(H2,38,43)(H,42,48)/t16-,22+,29+,30?/m0/s1. The van der Waals surface area contributed by atoms with E-state index in [-0.39, 0.29) is 35.1 Å². The molecule has 2 aliphatic rings. The van der Waals surface area contributed by atoms with E-state index in [0.29, 0.717) is 11.1 Å². The number of guanidine groups is 1. The minimum absolute atomic E-state index is 0.00765. The van der Waals surface area contributed by atoms with Crippen LogP contribution in [-0.4, -0.2) is 65.6 Å². The van der Waals surface area contributed by atoms with Crippen molar-refractivity contribution >= 4 is 35.1 Å². The van der Waals surface area contributed by atoms with Crippen molar-refractivity contribution in [3.8, 4) is 5.69 Å². The monoisotopic (exact) mass is 707 g/mol. The molecule has 1 saturated carbocycles. The maximum Gasteiger partial charge on any atom is 0.408 e. The van der Waals surface area contributed by atoms with Crippen molar-refractivity contribution in [3.05, 3.63) is 77.1 Å². The summed E-state index contributed by atoms with van der Waals surface area (Å²) in [6, 6.07) is 7.17. The molecule has 3 N–H and O–H groups in total.